The number of rotatable bonds is 3. The van der Waals surface area contributed by atoms with Gasteiger partial charge in [0.15, 0.2) is 0 Å². The zero-order chi connectivity index (χ0) is 16.4. The minimum Gasteiger partial charge on any atom is -0.258 e. The highest BCUT2D eigenvalue weighted by atomic mass is 32.1. The predicted molar refractivity (Wildman–Crippen MR) is 90.6 cm³/mol. The van der Waals surface area contributed by atoms with Gasteiger partial charge in [-0.25, -0.2) is 4.99 Å². The van der Waals surface area contributed by atoms with Gasteiger partial charge < -0.3 is 0 Å². The van der Waals surface area contributed by atoms with Crippen LogP contribution in [-0.2, 0) is 12.8 Å². The number of nitro benzene ring substituents is 1. The number of hydrogen-bond donors (Lipinski definition) is 0. The van der Waals surface area contributed by atoms with E-state index >= 15 is 0 Å². The molecule has 0 spiro atoms. The van der Waals surface area contributed by atoms with E-state index in [1.807, 2.05) is 0 Å². The largest absolute Gasteiger partial charge is 0.269 e. The van der Waals surface area contributed by atoms with Crippen molar-refractivity contribution in [3.8, 4) is 6.07 Å². The number of aliphatic imine (C=N–C) groups is 1. The van der Waals surface area contributed by atoms with Crippen LogP contribution in [0.4, 0.5) is 10.7 Å². The minimum absolute atomic E-state index is 0.0560. The van der Waals surface area contributed by atoms with Crippen LogP contribution in [0.2, 0.25) is 0 Å². The van der Waals surface area contributed by atoms with E-state index in [2.05, 4.69) is 18.0 Å². The van der Waals surface area contributed by atoms with E-state index < -0.39 is 4.92 Å². The van der Waals surface area contributed by atoms with Crippen molar-refractivity contribution in [1.82, 2.24) is 0 Å². The first-order valence-corrected chi connectivity index (χ1v) is 8.23. The summed E-state index contributed by atoms with van der Waals surface area (Å²) in [5.74, 6) is 0.652. The Balaban J connectivity index is 1.88. The number of benzene rings is 1. The number of nitro groups is 1. The Morgan fingerprint density at radius 2 is 2.17 bits per heavy atom. The highest BCUT2D eigenvalue weighted by Gasteiger charge is 2.23. The third-order valence-corrected chi connectivity index (χ3v) is 5.20. The molecule has 1 aromatic carbocycles. The van der Waals surface area contributed by atoms with Crippen LogP contribution in [0, 0.1) is 27.4 Å². The molecule has 5 nitrogen and oxygen atoms in total. The molecule has 1 aliphatic carbocycles. The Hall–Kier alpha value is -2.52. The van der Waals surface area contributed by atoms with Crippen LogP contribution >= 0.6 is 11.3 Å². The Labute approximate surface area is 138 Å². The molecule has 0 saturated carbocycles. The normalized spacial score (nSPS) is 17.0. The van der Waals surface area contributed by atoms with Crippen molar-refractivity contribution in [2.24, 2.45) is 10.9 Å². The highest BCUT2D eigenvalue weighted by Crippen LogP contribution is 2.40. The first-order chi connectivity index (χ1) is 11.1. The highest BCUT2D eigenvalue weighted by molar-refractivity contribution is 7.16. The Morgan fingerprint density at radius 3 is 2.83 bits per heavy atom. The van der Waals surface area contributed by atoms with Gasteiger partial charge in [0.1, 0.15) is 11.1 Å². The standard InChI is InChI=1S/C17H15N3O2S/c1-11-2-7-14-15(9-18)17(23-16(14)8-11)19-10-12-3-5-13(6-4-12)20(21)22/h3-6,10-11H,2,7-8H2,1H3/t11-/m1/s1. The van der Waals surface area contributed by atoms with Crippen LogP contribution in [0.5, 0.6) is 0 Å². The van der Waals surface area contributed by atoms with E-state index in [-0.39, 0.29) is 5.69 Å². The zero-order valence-electron chi connectivity index (χ0n) is 12.7. The molecule has 0 amide bonds. The van der Waals surface area contributed by atoms with Gasteiger partial charge in [0.25, 0.3) is 5.69 Å². The Bertz CT molecular complexity index is 816. The third-order valence-electron chi connectivity index (χ3n) is 4.04. The maximum absolute atomic E-state index is 10.7. The molecule has 0 fully saturated rings. The second kappa shape index (κ2) is 6.31. The van der Waals surface area contributed by atoms with E-state index in [1.54, 1.807) is 29.7 Å². The molecule has 0 bridgehead atoms. The number of thiophene rings is 1. The van der Waals surface area contributed by atoms with E-state index in [0.29, 0.717) is 11.5 Å². The second-order valence-corrected chi connectivity index (χ2v) is 6.83. The number of nitriles is 1. The summed E-state index contributed by atoms with van der Waals surface area (Å²) in [4.78, 5) is 16.0. The number of nitrogens with zero attached hydrogens (tertiary/aromatic N) is 3. The van der Waals surface area contributed by atoms with Gasteiger partial charge in [-0.05, 0) is 48.4 Å². The predicted octanol–water partition coefficient (Wildman–Crippen LogP) is 4.40. The van der Waals surface area contributed by atoms with Crippen LogP contribution in [0.25, 0.3) is 0 Å². The molecule has 1 aliphatic rings. The molecule has 0 aliphatic heterocycles. The maximum Gasteiger partial charge on any atom is 0.269 e. The minimum atomic E-state index is -0.427. The van der Waals surface area contributed by atoms with Gasteiger partial charge in [-0.2, -0.15) is 5.26 Å². The summed E-state index contributed by atoms with van der Waals surface area (Å²) in [5.41, 5.74) is 2.68. The fraction of sp³-hybridized carbons (Fsp3) is 0.294. The average Bonchev–Trinajstić information content (AvgIpc) is 2.89. The van der Waals surface area contributed by atoms with E-state index in [9.17, 15) is 15.4 Å². The molecule has 116 valence electrons. The number of fused-ring (bicyclic) bond motifs is 1. The summed E-state index contributed by atoms with van der Waals surface area (Å²) < 4.78 is 0. The molecule has 1 atom stereocenters. The molecule has 0 N–H and O–H groups in total. The van der Waals surface area contributed by atoms with Crippen molar-refractivity contribution in [2.45, 2.75) is 26.2 Å². The molecule has 23 heavy (non-hydrogen) atoms. The fourth-order valence-corrected chi connectivity index (χ4v) is 4.06. The lowest BCUT2D eigenvalue weighted by atomic mass is 9.89. The van der Waals surface area contributed by atoms with Gasteiger partial charge in [-0.1, -0.05) is 6.92 Å². The fourth-order valence-electron chi connectivity index (χ4n) is 2.76. The van der Waals surface area contributed by atoms with Crippen LogP contribution in [-0.4, -0.2) is 11.1 Å². The van der Waals surface area contributed by atoms with Crippen LogP contribution in [0.15, 0.2) is 29.3 Å². The van der Waals surface area contributed by atoms with Crippen LogP contribution in [0.1, 0.15) is 34.9 Å². The van der Waals surface area contributed by atoms with Crippen molar-refractivity contribution in [2.75, 3.05) is 0 Å². The summed E-state index contributed by atoms with van der Waals surface area (Å²) in [5, 5.41) is 20.8. The van der Waals surface area contributed by atoms with Gasteiger partial charge in [-0.3, -0.25) is 10.1 Å². The summed E-state index contributed by atoms with van der Waals surface area (Å²) in [6.07, 6.45) is 4.74. The zero-order valence-corrected chi connectivity index (χ0v) is 13.5. The van der Waals surface area contributed by atoms with Gasteiger partial charge in [0, 0.05) is 23.2 Å². The molecule has 1 heterocycles. The van der Waals surface area contributed by atoms with Gasteiger partial charge in [0.05, 0.1) is 10.5 Å². The number of non-ortho nitro benzene ring substituents is 1. The summed E-state index contributed by atoms with van der Waals surface area (Å²) in [7, 11) is 0. The molecule has 3 rings (SSSR count). The first-order valence-electron chi connectivity index (χ1n) is 7.41. The molecule has 2 aromatic rings. The average molecular weight is 325 g/mol. The summed E-state index contributed by atoms with van der Waals surface area (Å²) in [6.45, 7) is 2.23. The summed E-state index contributed by atoms with van der Waals surface area (Å²) >= 11 is 1.59. The van der Waals surface area contributed by atoms with Crippen molar-refractivity contribution in [3.05, 3.63) is 55.9 Å². The van der Waals surface area contributed by atoms with Crippen molar-refractivity contribution >= 4 is 28.2 Å². The van der Waals surface area contributed by atoms with Gasteiger partial charge in [0.2, 0.25) is 0 Å². The molecular formula is C17H15N3O2S. The maximum atomic E-state index is 10.7. The van der Waals surface area contributed by atoms with E-state index in [1.165, 1.54) is 17.0 Å². The Kier molecular flexibility index (Phi) is 4.22. The quantitative estimate of drug-likeness (QED) is 0.476. The Morgan fingerprint density at radius 1 is 1.43 bits per heavy atom. The second-order valence-electron chi connectivity index (χ2n) is 5.75. The number of hydrogen-bond acceptors (Lipinski definition) is 5. The van der Waals surface area contributed by atoms with Crippen LogP contribution in [0.3, 0.4) is 0 Å². The van der Waals surface area contributed by atoms with Gasteiger partial charge in [-0.15, -0.1) is 11.3 Å². The lowest BCUT2D eigenvalue weighted by molar-refractivity contribution is -0.384. The lowest BCUT2D eigenvalue weighted by Crippen LogP contribution is -2.09. The van der Waals surface area contributed by atoms with E-state index in [0.717, 1.165) is 35.4 Å². The van der Waals surface area contributed by atoms with Crippen LogP contribution < -0.4 is 0 Å². The van der Waals surface area contributed by atoms with E-state index in [4.69, 9.17) is 0 Å². The van der Waals surface area contributed by atoms with Crippen molar-refractivity contribution in [3.63, 3.8) is 0 Å². The monoisotopic (exact) mass is 325 g/mol. The summed E-state index contributed by atoms with van der Waals surface area (Å²) in [6, 6.07) is 8.50. The van der Waals surface area contributed by atoms with Crippen molar-refractivity contribution in [1.29, 1.82) is 5.26 Å². The molecule has 1 aromatic heterocycles. The smallest absolute Gasteiger partial charge is 0.258 e. The van der Waals surface area contributed by atoms with Crippen molar-refractivity contribution < 1.29 is 4.92 Å². The molecule has 0 radical (unpaired) electrons. The SMILES string of the molecule is C[C@@H]1CCc2c(sc(N=Cc3ccc([N+](=O)[O-])cc3)c2C#N)C1. The molecular weight excluding hydrogens is 310 g/mol. The molecule has 6 heteroatoms. The molecule has 0 unspecified atom stereocenters. The first kappa shape index (κ1) is 15.4. The van der Waals surface area contributed by atoms with Gasteiger partial charge >= 0.3 is 0 Å². The third kappa shape index (κ3) is 3.15. The molecule has 0 saturated heterocycles. The lowest BCUT2D eigenvalue weighted by Gasteiger charge is -2.17. The topological polar surface area (TPSA) is 79.3 Å².